The third kappa shape index (κ3) is 4.81. The summed E-state index contributed by atoms with van der Waals surface area (Å²) in [7, 11) is 1.51. The van der Waals surface area contributed by atoms with E-state index in [-0.39, 0.29) is 6.42 Å². The molecule has 2 N–H and O–H groups in total. The second kappa shape index (κ2) is 9.49. The molecular weight excluding hydrogens is 452 g/mol. The minimum absolute atomic E-state index is 0.0307. The molecule has 0 bridgehead atoms. The molecule has 4 amide bonds. The topological polar surface area (TPSA) is 123 Å². The standard InChI is InChI=1S/C25H26N4O6/c1-15-21(16(2)35-28-15)14-34-19-10-8-17(9-11-19)12-22(30)27-29-23(31)25(3,26-24(29)32)18-6-5-7-20(13-18)33-4/h5-11,13H,12,14H2,1-4H3,(H,26,32)(H,27,30). The highest BCUT2D eigenvalue weighted by molar-refractivity contribution is 6.08. The maximum absolute atomic E-state index is 13.0. The number of aromatic nitrogens is 1. The van der Waals surface area contributed by atoms with Crippen molar-refractivity contribution in [1.29, 1.82) is 0 Å². The molecule has 1 saturated heterocycles. The van der Waals surface area contributed by atoms with Gasteiger partial charge in [0.15, 0.2) is 0 Å². The molecule has 35 heavy (non-hydrogen) atoms. The first-order valence-electron chi connectivity index (χ1n) is 11.0. The van der Waals surface area contributed by atoms with E-state index in [0.29, 0.717) is 40.0 Å². The van der Waals surface area contributed by atoms with Gasteiger partial charge in [0, 0.05) is 0 Å². The number of nitrogens with zero attached hydrogens (tertiary/aromatic N) is 2. The van der Waals surface area contributed by atoms with Gasteiger partial charge in [0.05, 0.1) is 24.8 Å². The molecule has 1 aliphatic heterocycles. The van der Waals surface area contributed by atoms with E-state index < -0.39 is 23.4 Å². The van der Waals surface area contributed by atoms with E-state index in [4.69, 9.17) is 14.0 Å². The normalized spacial score (nSPS) is 17.3. The molecule has 2 aromatic carbocycles. The van der Waals surface area contributed by atoms with Crippen molar-refractivity contribution >= 4 is 17.8 Å². The van der Waals surface area contributed by atoms with Crippen LogP contribution in [0, 0.1) is 13.8 Å². The maximum Gasteiger partial charge on any atom is 0.344 e. The van der Waals surface area contributed by atoms with E-state index in [1.807, 2.05) is 13.8 Å². The van der Waals surface area contributed by atoms with Crippen molar-refractivity contribution in [3.8, 4) is 11.5 Å². The molecule has 0 aliphatic carbocycles. The van der Waals surface area contributed by atoms with Crippen molar-refractivity contribution in [2.24, 2.45) is 0 Å². The number of hydrogen-bond donors (Lipinski definition) is 2. The fraction of sp³-hybridized carbons (Fsp3) is 0.280. The van der Waals surface area contributed by atoms with E-state index in [1.165, 1.54) is 7.11 Å². The monoisotopic (exact) mass is 478 g/mol. The summed E-state index contributed by atoms with van der Waals surface area (Å²) in [5, 5.41) is 7.26. The van der Waals surface area contributed by atoms with Crippen molar-refractivity contribution in [2.45, 2.75) is 39.3 Å². The van der Waals surface area contributed by atoms with Gasteiger partial charge in [-0.2, -0.15) is 5.01 Å². The molecule has 4 rings (SSSR count). The number of methoxy groups -OCH3 is 1. The van der Waals surface area contributed by atoms with E-state index in [9.17, 15) is 14.4 Å². The van der Waals surface area contributed by atoms with E-state index in [2.05, 4.69) is 15.9 Å². The summed E-state index contributed by atoms with van der Waals surface area (Å²) in [6.45, 7) is 5.57. The number of ether oxygens (including phenoxy) is 2. The summed E-state index contributed by atoms with van der Waals surface area (Å²) in [5.74, 6) is 0.781. The molecular formula is C25H26N4O6. The summed E-state index contributed by atoms with van der Waals surface area (Å²) in [6.07, 6.45) is -0.0307. The molecule has 1 atom stereocenters. The molecule has 0 spiro atoms. The summed E-state index contributed by atoms with van der Waals surface area (Å²) in [4.78, 5) is 38.1. The van der Waals surface area contributed by atoms with Gasteiger partial charge in [-0.3, -0.25) is 15.0 Å². The Morgan fingerprint density at radius 1 is 1.14 bits per heavy atom. The van der Waals surface area contributed by atoms with Crippen LogP contribution in [0.2, 0.25) is 0 Å². The van der Waals surface area contributed by atoms with Crippen molar-refractivity contribution in [3.05, 3.63) is 76.7 Å². The number of aryl methyl sites for hydroxylation is 2. The number of nitrogens with one attached hydrogen (secondary N) is 2. The first-order chi connectivity index (χ1) is 16.7. The number of carbonyl (C=O) groups is 3. The van der Waals surface area contributed by atoms with Crippen LogP contribution in [-0.2, 0) is 28.2 Å². The number of urea groups is 1. The van der Waals surface area contributed by atoms with Crippen LogP contribution in [0.4, 0.5) is 4.79 Å². The molecule has 182 valence electrons. The van der Waals surface area contributed by atoms with Gasteiger partial charge in [-0.1, -0.05) is 29.4 Å². The highest BCUT2D eigenvalue weighted by Gasteiger charge is 2.50. The molecule has 10 nitrogen and oxygen atoms in total. The lowest BCUT2D eigenvalue weighted by molar-refractivity contribution is -0.138. The fourth-order valence-corrected chi connectivity index (χ4v) is 3.79. The van der Waals surface area contributed by atoms with Crippen molar-refractivity contribution in [2.75, 3.05) is 7.11 Å². The van der Waals surface area contributed by atoms with Crippen LogP contribution in [0.3, 0.4) is 0 Å². The highest BCUT2D eigenvalue weighted by atomic mass is 16.5. The van der Waals surface area contributed by atoms with Gasteiger partial charge in [0.2, 0.25) is 5.91 Å². The molecule has 0 saturated carbocycles. The second-order valence-electron chi connectivity index (χ2n) is 8.37. The third-order valence-corrected chi connectivity index (χ3v) is 5.93. The maximum atomic E-state index is 13.0. The number of hydrazine groups is 1. The second-order valence-corrected chi connectivity index (χ2v) is 8.37. The number of amides is 4. The van der Waals surface area contributed by atoms with E-state index in [0.717, 1.165) is 11.3 Å². The number of rotatable bonds is 8. The van der Waals surface area contributed by atoms with Crippen LogP contribution < -0.4 is 20.2 Å². The van der Waals surface area contributed by atoms with E-state index >= 15 is 0 Å². The van der Waals surface area contributed by atoms with Crippen LogP contribution >= 0.6 is 0 Å². The van der Waals surface area contributed by atoms with Crippen molar-refractivity contribution in [3.63, 3.8) is 0 Å². The predicted molar refractivity (Wildman–Crippen MR) is 124 cm³/mol. The summed E-state index contributed by atoms with van der Waals surface area (Å²) >= 11 is 0. The van der Waals surface area contributed by atoms with Crippen LogP contribution in [0.1, 0.15) is 35.1 Å². The van der Waals surface area contributed by atoms with Crippen LogP contribution in [0.25, 0.3) is 0 Å². The average Bonchev–Trinajstić information content (AvgIpc) is 3.28. The Bertz CT molecular complexity index is 1250. The fourth-order valence-electron chi connectivity index (χ4n) is 3.79. The van der Waals surface area contributed by atoms with Gasteiger partial charge < -0.3 is 19.3 Å². The Labute approximate surface area is 202 Å². The smallest absolute Gasteiger partial charge is 0.344 e. The number of carbonyl (C=O) groups excluding carboxylic acids is 3. The Hall–Kier alpha value is -4.34. The number of hydrogen-bond acceptors (Lipinski definition) is 7. The van der Waals surface area contributed by atoms with Crippen molar-refractivity contribution in [1.82, 2.24) is 20.9 Å². The quantitative estimate of drug-likeness (QED) is 0.477. The largest absolute Gasteiger partial charge is 0.497 e. The summed E-state index contributed by atoms with van der Waals surface area (Å²) in [5.41, 5.74) is 3.97. The Morgan fingerprint density at radius 2 is 1.89 bits per heavy atom. The van der Waals surface area contributed by atoms with Gasteiger partial charge in [-0.25, -0.2) is 4.79 Å². The zero-order chi connectivity index (χ0) is 25.2. The molecule has 1 fully saturated rings. The predicted octanol–water partition coefficient (Wildman–Crippen LogP) is 2.92. The van der Waals surface area contributed by atoms with Gasteiger partial charge in [0.25, 0.3) is 5.91 Å². The lowest BCUT2D eigenvalue weighted by Gasteiger charge is -2.22. The molecule has 1 aliphatic rings. The Kier molecular flexibility index (Phi) is 6.46. The first-order valence-corrected chi connectivity index (χ1v) is 11.0. The Morgan fingerprint density at radius 3 is 2.54 bits per heavy atom. The van der Waals surface area contributed by atoms with Gasteiger partial charge in [-0.05, 0) is 56.2 Å². The molecule has 10 heteroatoms. The summed E-state index contributed by atoms with van der Waals surface area (Å²) in [6, 6.07) is 13.1. The molecule has 2 heterocycles. The minimum Gasteiger partial charge on any atom is -0.497 e. The highest BCUT2D eigenvalue weighted by Crippen LogP contribution is 2.30. The van der Waals surface area contributed by atoms with E-state index in [1.54, 1.807) is 55.5 Å². The van der Waals surface area contributed by atoms with Gasteiger partial charge in [0.1, 0.15) is 29.4 Å². The van der Waals surface area contributed by atoms with Gasteiger partial charge in [-0.15, -0.1) is 0 Å². The lowest BCUT2D eigenvalue weighted by Crippen LogP contribution is -2.48. The lowest BCUT2D eigenvalue weighted by atomic mass is 9.92. The average molecular weight is 479 g/mol. The van der Waals surface area contributed by atoms with Crippen molar-refractivity contribution < 1.29 is 28.4 Å². The molecule has 3 aromatic rings. The SMILES string of the molecule is COc1cccc(C2(C)NC(=O)N(NC(=O)Cc3ccc(OCc4c(C)noc4C)cc3)C2=O)c1. The zero-order valence-electron chi connectivity index (χ0n) is 19.9. The van der Waals surface area contributed by atoms with Crippen LogP contribution in [0.5, 0.6) is 11.5 Å². The molecule has 1 unspecified atom stereocenters. The molecule has 1 aromatic heterocycles. The number of imide groups is 1. The van der Waals surface area contributed by atoms with Gasteiger partial charge >= 0.3 is 6.03 Å². The number of benzene rings is 2. The van der Waals surface area contributed by atoms with Crippen LogP contribution in [0.15, 0.2) is 53.1 Å². The molecule has 0 radical (unpaired) electrons. The summed E-state index contributed by atoms with van der Waals surface area (Å²) < 4.78 is 16.1. The third-order valence-electron chi connectivity index (χ3n) is 5.93. The van der Waals surface area contributed by atoms with Crippen LogP contribution in [-0.4, -0.2) is 35.1 Å². The minimum atomic E-state index is -1.33. The Balaban J connectivity index is 1.36. The zero-order valence-corrected chi connectivity index (χ0v) is 19.9. The first kappa shape index (κ1) is 23.8.